The second-order valence-corrected chi connectivity index (χ2v) is 4.43. The minimum atomic E-state index is -5.48. The molecule has 0 fully saturated rings. The monoisotopic (exact) mass is 330 g/mol. The molecule has 1 aromatic rings. The average molecular weight is 331 g/mol. The topological polar surface area (TPSA) is 41.1 Å². The maximum atomic E-state index is 14.6. The predicted octanol–water partition coefficient (Wildman–Crippen LogP) is 3.25. The van der Waals surface area contributed by atoms with Gasteiger partial charge in [-0.2, -0.15) is 13.2 Å². The minimum absolute atomic E-state index is 0.0314. The Morgan fingerprint density at radius 2 is 1.76 bits per heavy atom. The summed E-state index contributed by atoms with van der Waals surface area (Å²) < 4.78 is 65.7. The molecule has 9 heteroatoms. The molecule has 0 aromatic heterocycles. The van der Waals surface area contributed by atoms with Crippen molar-refractivity contribution >= 4 is 17.6 Å². The quantitative estimate of drug-likeness (QED) is 0.486. The number of amides is 2. The fourth-order valence-corrected chi connectivity index (χ4v) is 1.65. The Bertz CT molecular complexity index is 470. The van der Waals surface area contributed by atoms with Crippen molar-refractivity contribution in [1.29, 1.82) is 0 Å². The highest BCUT2D eigenvalue weighted by Gasteiger charge is 2.57. The van der Waals surface area contributed by atoms with E-state index in [1.54, 1.807) is 0 Å². The Labute approximate surface area is 122 Å². The van der Waals surface area contributed by atoms with Crippen LogP contribution in [-0.2, 0) is 5.79 Å². The first-order chi connectivity index (χ1) is 9.71. The normalized spacial score (nSPS) is 15.9. The van der Waals surface area contributed by atoms with Gasteiger partial charge in [0.05, 0.1) is 0 Å². The first-order valence-electron chi connectivity index (χ1n) is 5.79. The van der Waals surface area contributed by atoms with E-state index in [0.717, 1.165) is 12.1 Å². The molecule has 0 aliphatic carbocycles. The van der Waals surface area contributed by atoms with E-state index < -0.39 is 29.7 Å². The summed E-state index contributed by atoms with van der Waals surface area (Å²) in [5.74, 6) is -3.77. The molecule has 2 unspecified atom stereocenters. The van der Waals surface area contributed by atoms with Gasteiger partial charge in [-0.25, -0.2) is 13.6 Å². The lowest BCUT2D eigenvalue weighted by Crippen LogP contribution is -2.56. The number of carbonyl (C=O) groups is 1. The fraction of sp³-hybridized carbons (Fsp3) is 0.417. The maximum Gasteiger partial charge on any atom is 0.425 e. The molecule has 0 heterocycles. The van der Waals surface area contributed by atoms with Crippen LogP contribution in [-0.4, -0.2) is 30.8 Å². The van der Waals surface area contributed by atoms with Gasteiger partial charge in [0.2, 0.25) is 5.79 Å². The Kier molecular flexibility index (Phi) is 5.77. The fourth-order valence-electron chi connectivity index (χ4n) is 1.56. The molecule has 2 N–H and O–H groups in total. The van der Waals surface area contributed by atoms with Gasteiger partial charge in [-0.05, 0) is 0 Å². The number of benzene rings is 1. The zero-order valence-electron chi connectivity index (χ0n) is 10.6. The van der Waals surface area contributed by atoms with Crippen LogP contribution in [0.4, 0.5) is 26.7 Å². The van der Waals surface area contributed by atoms with Crippen molar-refractivity contribution in [2.45, 2.75) is 18.1 Å². The molecule has 118 valence electrons. The third-order valence-electron chi connectivity index (χ3n) is 2.51. The number of halogens is 6. The molecule has 1 rings (SSSR count). The van der Waals surface area contributed by atoms with E-state index in [9.17, 15) is 26.7 Å². The zero-order chi connectivity index (χ0) is 16.1. The maximum absolute atomic E-state index is 14.6. The molecule has 2 amide bonds. The van der Waals surface area contributed by atoms with E-state index in [0.29, 0.717) is 0 Å². The lowest BCUT2D eigenvalue weighted by molar-refractivity contribution is -0.222. The largest absolute Gasteiger partial charge is 0.425 e. The van der Waals surface area contributed by atoms with Gasteiger partial charge in [0.15, 0.2) is 0 Å². The van der Waals surface area contributed by atoms with Gasteiger partial charge in [0.25, 0.3) is 6.17 Å². The molecule has 0 bridgehead atoms. The van der Waals surface area contributed by atoms with Gasteiger partial charge in [-0.1, -0.05) is 30.3 Å². The van der Waals surface area contributed by atoms with E-state index in [2.05, 4.69) is 0 Å². The standard InChI is InChI=1S/C12H12ClF5N2O/c13-6-7-19-10(21)20-11(15,9(14)12(16,17)18)8-4-2-1-3-5-8/h1-5,9H,6-7H2,(H2,19,20,21). The van der Waals surface area contributed by atoms with E-state index >= 15 is 0 Å². The summed E-state index contributed by atoms with van der Waals surface area (Å²) in [5, 5.41) is 3.39. The number of alkyl halides is 6. The first kappa shape index (κ1) is 17.5. The second kappa shape index (κ2) is 6.93. The Morgan fingerprint density at radius 3 is 2.24 bits per heavy atom. The number of carbonyl (C=O) groups excluding carboxylic acids is 1. The van der Waals surface area contributed by atoms with E-state index in [4.69, 9.17) is 11.6 Å². The van der Waals surface area contributed by atoms with Crippen molar-refractivity contribution in [3.05, 3.63) is 35.9 Å². The Morgan fingerprint density at radius 1 is 1.19 bits per heavy atom. The Hall–Kier alpha value is -1.57. The average Bonchev–Trinajstić information content (AvgIpc) is 2.44. The summed E-state index contributed by atoms with van der Waals surface area (Å²) in [4.78, 5) is 11.4. The number of rotatable bonds is 5. The molecular weight excluding hydrogens is 319 g/mol. The van der Waals surface area contributed by atoms with Gasteiger partial charge in [-0.3, -0.25) is 5.32 Å². The first-order valence-corrected chi connectivity index (χ1v) is 6.32. The van der Waals surface area contributed by atoms with Crippen LogP contribution in [0.5, 0.6) is 0 Å². The van der Waals surface area contributed by atoms with E-state index in [1.165, 1.54) is 23.5 Å². The SMILES string of the molecule is O=C(NCCCl)NC(F)(c1ccccc1)C(F)C(F)(F)F. The third kappa shape index (κ3) is 4.45. The van der Waals surface area contributed by atoms with Gasteiger partial charge in [-0.15, -0.1) is 11.6 Å². The van der Waals surface area contributed by atoms with E-state index in [-0.39, 0.29) is 12.4 Å². The van der Waals surface area contributed by atoms with Crippen LogP contribution in [0, 0.1) is 0 Å². The smallest absolute Gasteiger partial charge is 0.337 e. The summed E-state index contributed by atoms with van der Waals surface area (Å²) in [6.45, 7) is -0.110. The van der Waals surface area contributed by atoms with Crippen LogP contribution >= 0.6 is 11.6 Å². The van der Waals surface area contributed by atoms with Crippen LogP contribution in [0.1, 0.15) is 5.56 Å². The van der Waals surface area contributed by atoms with Crippen molar-refractivity contribution in [3.63, 3.8) is 0 Å². The van der Waals surface area contributed by atoms with Crippen LogP contribution in [0.25, 0.3) is 0 Å². The second-order valence-electron chi connectivity index (χ2n) is 4.05. The molecule has 0 aliphatic heterocycles. The summed E-state index contributed by atoms with van der Waals surface area (Å²) in [7, 11) is 0. The van der Waals surface area contributed by atoms with Crippen molar-refractivity contribution in [2.75, 3.05) is 12.4 Å². The van der Waals surface area contributed by atoms with Crippen molar-refractivity contribution in [3.8, 4) is 0 Å². The number of urea groups is 1. The molecule has 0 saturated heterocycles. The summed E-state index contributed by atoms with van der Waals surface area (Å²) in [6.07, 6.45) is -9.40. The van der Waals surface area contributed by atoms with Crippen molar-refractivity contribution in [2.24, 2.45) is 0 Å². The number of hydrogen-bond acceptors (Lipinski definition) is 1. The molecule has 3 nitrogen and oxygen atoms in total. The van der Waals surface area contributed by atoms with E-state index in [1.807, 2.05) is 5.32 Å². The van der Waals surface area contributed by atoms with Crippen molar-refractivity contribution < 1.29 is 26.7 Å². The Balaban J connectivity index is 3.09. The molecule has 2 atom stereocenters. The van der Waals surface area contributed by atoms with Crippen LogP contribution < -0.4 is 10.6 Å². The van der Waals surface area contributed by atoms with Gasteiger partial charge in [0, 0.05) is 18.0 Å². The predicted molar refractivity (Wildman–Crippen MR) is 67.4 cm³/mol. The highest BCUT2D eigenvalue weighted by molar-refractivity contribution is 6.18. The van der Waals surface area contributed by atoms with Gasteiger partial charge in [0.1, 0.15) is 0 Å². The molecular formula is C12H12ClF5N2O. The zero-order valence-corrected chi connectivity index (χ0v) is 11.3. The molecule has 0 aliphatic rings. The van der Waals surface area contributed by atoms with Crippen LogP contribution in [0.3, 0.4) is 0 Å². The summed E-state index contributed by atoms with van der Waals surface area (Å²) >= 11 is 5.28. The summed E-state index contributed by atoms with van der Waals surface area (Å²) in [5.41, 5.74) is -0.657. The van der Waals surface area contributed by atoms with Gasteiger partial charge >= 0.3 is 12.2 Å². The highest BCUT2D eigenvalue weighted by atomic mass is 35.5. The molecule has 0 radical (unpaired) electrons. The molecule has 1 aromatic carbocycles. The van der Waals surface area contributed by atoms with Crippen molar-refractivity contribution in [1.82, 2.24) is 10.6 Å². The van der Waals surface area contributed by atoms with Gasteiger partial charge < -0.3 is 5.32 Å². The van der Waals surface area contributed by atoms with Crippen LogP contribution in [0.2, 0.25) is 0 Å². The summed E-state index contributed by atoms with van der Waals surface area (Å²) in [6, 6.07) is 4.46. The molecule has 0 spiro atoms. The number of hydrogen-bond donors (Lipinski definition) is 2. The minimum Gasteiger partial charge on any atom is -0.337 e. The lowest BCUT2D eigenvalue weighted by Gasteiger charge is -2.31. The van der Waals surface area contributed by atoms with Crippen LogP contribution in [0.15, 0.2) is 30.3 Å². The molecule has 0 saturated carbocycles. The lowest BCUT2D eigenvalue weighted by atomic mass is 9.99. The number of nitrogens with one attached hydrogen (secondary N) is 2. The molecule has 21 heavy (non-hydrogen) atoms. The third-order valence-corrected chi connectivity index (χ3v) is 2.69. The highest BCUT2D eigenvalue weighted by Crippen LogP contribution is 2.38.